The molecule has 0 aliphatic rings. The highest BCUT2D eigenvalue weighted by Gasteiger charge is 2.16. The number of rotatable bonds is 3. The molecule has 1 aromatic heterocycles. The first-order valence-corrected chi connectivity index (χ1v) is 7.54. The zero-order valence-electron chi connectivity index (χ0n) is 9.84. The smallest absolute Gasteiger partial charge is 0.261 e. The molecule has 0 unspecified atom stereocenters. The lowest BCUT2D eigenvalue weighted by atomic mass is 10.2. The van der Waals surface area contributed by atoms with Crippen molar-refractivity contribution in [2.24, 2.45) is 0 Å². The number of hydrogen-bond donors (Lipinski definition) is 1. The largest absolute Gasteiger partial charge is 0.278 e. The van der Waals surface area contributed by atoms with Crippen molar-refractivity contribution in [2.45, 2.75) is 4.90 Å². The minimum atomic E-state index is -3.90. The Balaban J connectivity index is 2.36. The Labute approximate surface area is 123 Å². The van der Waals surface area contributed by atoms with Gasteiger partial charge < -0.3 is 0 Å². The van der Waals surface area contributed by atoms with E-state index in [1.54, 1.807) is 12.1 Å². The van der Waals surface area contributed by atoms with Gasteiger partial charge in [0.25, 0.3) is 10.0 Å². The van der Waals surface area contributed by atoms with Gasteiger partial charge in [0.2, 0.25) is 0 Å². The summed E-state index contributed by atoms with van der Waals surface area (Å²) in [4.78, 5) is 3.69. The molecule has 0 saturated heterocycles. The van der Waals surface area contributed by atoms with Gasteiger partial charge in [-0.2, -0.15) is 5.26 Å². The van der Waals surface area contributed by atoms with Gasteiger partial charge in [0, 0.05) is 0 Å². The van der Waals surface area contributed by atoms with E-state index in [4.69, 9.17) is 5.26 Å². The fourth-order valence-corrected chi connectivity index (χ4v) is 2.71. The number of halogens is 2. The number of aromatic nitrogens is 1. The molecule has 5 nitrogen and oxygen atoms in total. The number of nitriles is 1. The summed E-state index contributed by atoms with van der Waals surface area (Å²) in [5.74, 6) is -0.767. The highest BCUT2D eigenvalue weighted by Crippen LogP contribution is 2.19. The van der Waals surface area contributed by atoms with Crippen molar-refractivity contribution in [3.8, 4) is 6.07 Å². The van der Waals surface area contributed by atoms with Crippen LogP contribution >= 0.6 is 15.9 Å². The molecule has 0 aliphatic heterocycles. The first kappa shape index (κ1) is 14.4. The van der Waals surface area contributed by atoms with Gasteiger partial charge in [0.05, 0.1) is 22.3 Å². The van der Waals surface area contributed by atoms with Gasteiger partial charge in [0.15, 0.2) is 0 Å². The molecule has 1 heterocycles. The minimum absolute atomic E-state index is 0.196. The molecule has 1 aromatic carbocycles. The molecular weight excluding hydrogens is 349 g/mol. The lowest BCUT2D eigenvalue weighted by molar-refractivity contribution is 0.599. The van der Waals surface area contributed by atoms with E-state index in [1.165, 1.54) is 12.3 Å². The third-order valence-corrected chi connectivity index (χ3v) is 4.20. The van der Waals surface area contributed by atoms with Crippen molar-refractivity contribution in [1.29, 1.82) is 5.26 Å². The van der Waals surface area contributed by atoms with E-state index in [-0.39, 0.29) is 16.1 Å². The zero-order chi connectivity index (χ0) is 14.8. The Kier molecular flexibility index (Phi) is 4.01. The molecule has 8 heteroatoms. The predicted molar refractivity (Wildman–Crippen MR) is 73.9 cm³/mol. The minimum Gasteiger partial charge on any atom is -0.278 e. The van der Waals surface area contributed by atoms with Crippen LogP contribution in [0.25, 0.3) is 0 Å². The summed E-state index contributed by atoms with van der Waals surface area (Å²) >= 11 is 3.13. The maximum atomic E-state index is 13.2. The molecule has 0 spiro atoms. The van der Waals surface area contributed by atoms with Crippen LogP contribution < -0.4 is 4.72 Å². The van der Waals surface area contributed by atoms with Crippen LogP contribution in [0.5, 0.6) is 0 Å². The SMILES string of the molecule is N#Cc1cc(S(=O)(=O)Nc2ccc(Br)nc2)ccc1F. The van der Waals surface area contributed by atoms with Crippen LogP contribution in [0.15, 0.2) is 46.0 Å². The summed E-state index contributed by atoms with van der Waals surface area (Å²) in [6.45, 7) is 0. The third-order valence-electron chi connectivity index (χ3n) is 2.35. The van der Waals surface area contributed by atoms with Gasteiger partial charge in [-0.1, -0.05) is 0 Å². The van der Waals surface area contributed by atoms with Crippen molar-refractivity contribution < 1.29 is 12.8 Å². The van der Waals surface area contributed by atoms with Crippen LogP contribution in [0.1, 0.15) is 5.56 Å². The van der Waals surface area contributed by atoms with Crippen LogP contribution in [0.2, 0.25) is 0 Å². The average molecular weight is 356 g/mol. The quantitative estimate of drug-likeness (QED) is 0.858. The van der Waals surface area contributed by atoms with Crippen molar-refractivity contribution in [3.63, 3.8) is 0 Å². The molecule has 0 amide bonds. The van der Waals surface area contributed by atoms with Gasteiger partial charge in [-0.25, -0.2) is 17.8 Å². The highest BCUT2D eigenvalue weighted by molar-refractivity contribution is 9.10. The topological polar surface area (TPSA) is 82.8 Å². The van der Waals surface area contributed by atoms with Gasteiger partial charge in [-0.15, -0.1) is 0 Å². The summed E-state index contributed by atoms with van der Waals surface area (Å²) in [5.41, 5.74) is -0.0714. The monoisotopic (exact) mass is 355 g/mol. The summed E-state index contributed by atoms with van der Waals surface area (Å²) < 4.78 is 40.2. The lowest BCUT2D eigenvalue weighted by Crippen LogP contribution is -2.13. The second-order valence-electron chi connectivity index (χ2n) is 3.73. The second kappa shape index (κ2) is 5.56. The molecule has 0 atom stereocenters. The molecule has 0 bridgehead atoms. The Hall–Kier alpha value is -1.98. The average Bonchev–Trinajstić information content (AvgIpc) is 2.41. The van der Waals surface area contributed by atoms with Crippen molar-refractivity contribution >= 4 is 31.6 Å². The normalized spacial score (nSPS) is 10.8. The Morgan fingerprint density at radius 3 is 2.65 bits per heavy atom. The zero-order valence-corrected chi connectivity index (χ0v) is 12.2. The molecule has 102 valence electrons. The number of hydrogen-bond acceptors (Lipinski definition) is 4. The van der Waals surface area contributed by atoms with Gasteiger partial charge in [-0.05, 0) is 46.3 Å². The molecule has 20 heavy (non-hydrogen) atoms. The molecule has 2 rings (SSSR count). The third kappa shape index (κ3) is 3.12. The fourth-order valence-electron chi connectivity index (χ4n) is 1.41. The van der Waals surface area contributed by atoms with E-state index in [9.17, 15) is 12.8 Å². The summed E-state index contributed by atoms with van der Waals surface area (Å²) in [6.07, 6.45) is 1.33. The van der Waals surface area contributed by atoms with E-state index >= 15 is 0 Å². The molecule has 0 radical (unpaired) electrons. The molecule has 0 saturated carbocycles. The molecule has 1 N–H and O–H groups in total. The first-order chi connectivity index (χ1) is 9.42. The Morgan fingerprint density at radius 2 is 2.05 bits per heavy atom. The summed E-state index contributed by atoms with van der Waals surface area (Å²) in [5, 5.41) is 8.71. The van der Waals surface area contributed by atoms with Crippen LogP contribution in [-0.4, -0.2) is 13.4 Å². The fraction of sp³-hybridized carbons (Fsp3) is 0. The van der Waals surface area contributed by atoms with Gasteiger partial charge in [-0.3, -0.25) is 4.72 Å². The van der Waals surface area contributed by atoms with Crippen LogP contribution in [0.3, 0.4) is 0 Å². The maximum absolute atomic E-state index is 13.2. The predicted octanol–water partition coefficient (Wildman–Crippen LogP) is 2.66. The van der Waals surface area contributed by atoms with E-state index in [2.05, 4.69) is 25.6 Å². The highest BCUT2D eigenvalue weighted by atomic mass is 79.9. The number of anilines is 1. The van der Waals surface area contributed by atoms with E-state index in [0.717, 1.165) is 18.2 Å². The standard InChI is InChI=1S/C12H7BrFN3O2S/c13-12-4-1-9(7-16-12)17-20(18,19)10-2-3-11(14)8(5-10)6-15/h1-5,7,17H. The van der Waals surface area contributed by atoms with E-state index in [0.29, 0.717) is 4.60 Å². The van der Waals surface area contributed by atoms with E-state index < -0.39 is 15.8 Å². The van der Waals surface area contributed by atoms with Crippen molar-refractivity contribution in [3.05, 3.63) is 52.5 Å². The molecule has 0 fully saturated rings. The van der Waals surface area contributed by atoms with Crippen LogP contribution in [0, 0.1) is 17.1 Å². The number of nitrogens with one attached hydrogen (secondary N) is 1. The molecule has 0 aliphatic carbocycles. The van der Waals surface area contributed by atoms with E-state index in [1.807, 2.05) is 0 Å². The Bertz CT molecular complexity index is 785. The van der Waals surface area contributed by atoms with Gasteiger partial charge >= 0.3 is 0 Å². The summed E-state index contributed by atoms with van der Waals surface area (Å²) in [6, 6.07) is 7.68. The maximum Gasteiger partial charge on any atom is 0.261 e. The number of sulfonamides is 1. The number of benzene rings is 1. The first-order valence-electron chi connectivity index (χ1n) is 5.26. The van der Waals surface area contributed by atoms with Crippen LogP contribution in [-0.2, 0) is 10.0 Å². The second-order valence-corrected chi connectivity index (χ2v) is 6.22. The number of pyridine rings is 1. The number of nitrogens with zero attached hydrogens (tertiary/aromatic N) is 2. The lowest BCUT2D eigenvalue weighted by Gasteiger charge is -2.08. The van der Waals surface area contributed by atoms with Gasteiger partial charge in [0.1, 0.15) is 16.5 Å². The van der Waals surface area contributed by atoms with Crippen molar-refractivity contribution in [1.82, 2.24) is 4.98 Å². The Morgan fingerprint density at radius 1 is 1.30 bits per heavy atom. The molecule has 2 aromatic rings. The van der Waals surface area contributed by atoms with Crippen LogP contribution in [0.4, 0.5) is 10.1 Å². The summed E-state index contributed by atoms with van der Waals surface area (Å²) in [7, 11) is -3.90. The molecular formula is C12H7BrFN3O2S. The van der Waals surface area contributed by atoms with Crippen molar-refractivity contribution in [2.75, 3.05) is 4.72 Å².